The highest BCUT2D eigenvalue weighted by molar-refractivity contribution is 6.30. The maximum Gasteiger partial charge on any atom is 0.261 e. The molecule has 3 rings (SSSR count). The summed E-state index contributed by atoms with van der Waals surface area (Å²) >= 11 is 6.04. The van der Waals surface area contributed by atoms with Crippen molar-refractivity contribution in [2.75, 3.05) is 6.61 Å². The van der Waals surface area contributed by atoms with Gasteiger partial charge in [-0.2, -0.15) is 0 Å². The number of rotatable bonds is 11. The molecule has 0 saturated heterocycles. The molecule has 0 aliphatic rings. The third-order valence-electron chi connectivity index (χ3n) is 5.73. The SMILES string of the molecule is CC[C@@H](C)NC(=O)[C@@H](Cc1ccccc1)N(Cc1ccc(Cl)cc1)C(=O)COc1ccccc1F. The van der Waals surface area contributed by atoms with Crippen LogP contribution in [0, 0.1) is 5.82 Å². The fourth-order valence-electron chi connectivity index (χ4n) is 3.57. The summed E-state index contributed by atoms with van der Waals surface area (Å²) in [6.07, 6.45) is 1.08. The average molecular weight is 497 g/mol. The van der Waals surface area contributed by atoms with Crippen LogP contribution in [-0.2, 0) is 22.6 Å². The number of nitrogens with zero attached hydrogens (tertiary/aromatic N) is 1. The largest absolute Gasteiger partial charge is 0.481 e. The molecule has 0 radical (unpaired) electrons. The molecule has 0 fully saturated rings. The molecular formula is C28H30ClFN2O3. The third kappa shape index (κ3) is 7.82. The highest BCUT2D eigenvalue weighted by Gasteiger charge is 2.31. The monoisotopic (exact) mass is 496 g/mol. The zero-order chi connectivity index (χ0) is 25.2. The molecule has 0 aliphatic heterocycles. The molecule has 3 aromatic carbocycles. The van der Waals surface area contributed by atoms with E-state index in [2.05, 4.69) is 5.32 Å². The summed E-state index contributed by atoms with van der Waals surface area (Å²) in [5, 5.41) is 3.58. The van der Waals surface area contributed by atoms with E-state index in [0.717, 1.165) is 17.5 Å². The number of benzene rings is 3. The Morgan fingerprint density at radius 3 is 2.29 bits per heavy atom. The van der Waals surface area contributed by atoms with Gasteiger partial charge in [-0.3, -0.25) is 9.59 Å². The summed E-state index contributed by atoms with van der Waals surface area (Å²) in [5.41, 5.74) is 1.73. The highest BCUT2D eigenvalue weighted by Crippen LogP contribution is 2.19. The van der Waals surface area contributed by atoms with Crippen molar-refractivity contribution in [2.45, 2.75) is 45.3 Å². The normalized spacial score (nSPS) is 12.5. The molecule has 7 heteroatoms. The summed E-state index contributed by atoms with van der Waals surface area (Å²) in [4.78, 5) is 28.4. The predicted molar refractivity (Wildman–Crippen MR) is 136 cm³/mol. The minimum atomic E-state index is -0.793. The molecule has 2 atom stereocenters. The summed E-state index contributed by atoms with van der Waals surface area (Å²) in [6, 6.07) is 21.7. The van der Waals surface area contributed by atoms with E-state index in [9.17, 15) is 14.0 Å². The Morgan fingerprint density at radius 1 is 0.971 bits per heavy atom. The number of para-hydroxylation sites is 1. The van der Waals surface area contributed by atoms with Gasteiger partial charge in [0.05, 0.1) is 0 Å². The first-order chi connectivity index (χ1) is 16.9. The van der Waals surface area contributed by atoms with Crippen LogP contribution in [0.2, 0.25) is 5.02 Å². The summed E-state index contributed by atoms with van der Waals surface area (Å²) in [7, 11) is 0. The van der Waals surface area contributed by atoms with E-state index in [-0.39, 0.29) is 24.2 Å². The Labute approximate surface area is 210 Å². The van der Waals surface area contributed by atoms with E-state index in [1.807, 2.05) is 56.3 Å². The van der Waals surface area contributed by atoms with Gasteiger partial charge in [0.2, 0.25) is 5.91 Å². The molecular weight excluding hydrogens is 467 g/mol. The van der Waals surface area contributed by atoms with E-state index in [4.69, 9.17) is 16.3 Å². The molecule has 0 spiro atoms. The molecule has 2 amide bonds. The molecule has 35 heavy (non-hydrogen) atoms. The van der Waals surface area contributed by atoms with Crippen LogP contribution in [0.15, 0.2) is 78.9 Å². The summed E-state index contributed by atoms with van der Waals surface area (Å²) < 4.78 is 19.6. The summed E-state index contributed by atoms with van der Waals surface area (Å²) in [5.74, 6) is -1.25. The third-order valence-corrected chi connectivity index (χ3v) is 5.98. The predicted octanol–water partition coefficient (Wildman–Crippen LogP) is 5.41. The van der Waals surface area contributed by atoms with Crippen LogP contribution in [0.25, 0.3) is 0 Å². The van der Waals surface area contributed by atoms with Crippen LogP contribution >= 0.6 is 11.6 Å². The van der Waals surface area contributed by atoms with E-state index in [1.165, 1.54) is 17.0 Å². The number of halogens is 2. The van der Waals surface area contributed by atoms with Crippen LogP contribution in [0.4, 0.5) is 4.39 Å². The summed E-state index contributed by atoms with van der Waals surface area (Å²) in [6.45, 7) is 3.67. The number of carbonyl (C=O) groups excluding carboxylic acids is 2. The van der Waals surface area contributed by atoms with E-state index in [0.29, 0.717) is 11.4 Å². The van der Waals surface area contributed by atoms with Gasteiger partial charge < -0.3 is 15.0 Å². The van der Waals surface area contributed by atoms with Gasteiger partial charge in [0.25, 0.3) is 5.91 Å². The molecule has 3 aromatic rings. The number of carbonyl (C=O) groups is 2. The molecule has 0 bridgehead atoms. The van der Waals surface area contributed by atoms with E-state index in [1.54, 1.807) is 24.3 Å². The molecule has 0 heterocycles. The maximum absolute atomic E-state index is 14.1. The Bertz CT molecular complexity index is 1110. The first-order valence-corrected chi connectivity index (χ1v) is 12.0. The van der Waals surface area contributed by atoms with Crippen LogP contribution in [-0.4, -0.2) is 35.4 Å². The van der Waals surface area contributed by atoms with Crippen molar-refractivity contribution in [3.05, 3.63) is 101 Å². The lowest BCUT2D eigenvalue weighted by Gasteiger charge is -2.32. The molecule has 0 aromatic heterocycles. The Balaban J connectivity index is 1.91. The van der Waals surface area contributed by atoms with E-state index >= 15 is 0 Å². The first-order valence-electron chi connectivity index (χ1n) is 11.6. The zero-order valence-electron chi connectivity index (χ0n) is 19.9. The van der Waals surface area contributed by atoms with Crippen molar-refractivity contribution in [1.29, 1.82) is 0 Å². The first kappa shape index (κ1) is 26.2. The maximum atomic E-state index is 14.1. The standard InChI is InChI=1S/C28H30ClFN2O3/c1-3-20(2)31-28(34)25(17-21-9-5-4-6-10-21)32(18-22-13-15-23(29)16-14-22)27(33)19-35-26-12-8-7-11-24(26)30/h4-16,20,25H,3,17-19H2,1-2H3,(H,31,34)/t20-,25-/m1/s1. The van der Waals surface area contributed by atoms with Crippen LogP contribution in [0.5, 0.6) is 5.75 Å². The number of ether oxygens (including phenoxy) is 1. The molecule has 0 unspecified atom stereocenters. The molecule has 184 valence electrons. The fourth-order valence-corrected chi connectivity index (χ4v) is 3.69. The fraction of sp³-hybridized carbons (Fsp3) is 0.286. The molecule has 0 saturated carbocycles. The van der Waals surface area contributed by atoms with Gasteiger partial charge in [-0.1, -0.05) is 73.1 Å². The number of amides is 2. The molecule has 0 aliphatic carbocycles. The lowest BCUT2D eigenvalue weighted by molar-refractivity contribution is -0.143. The van der Waals surface area contributed by atoms with Crippen molar-refractivity contribution in [2.24, 2.45) is 0 Å². The smallest absolute Gasteiger partial charge is 0.261 e. The Hall–Kier alpha value is -3.38. The Kier molecular flexibility index (Phi) is 9.67. The lowest BCUT2D eigenvalue weighted by atomic mass is 10.0. The van der Waals surface area contributed by atoms with Crippen molar-refractivity contribution >= 4 is 23.4 Å². The van der Waals surface area contributed by atoms with Crippen molar-refractivity contribution in [1.82, 2.24) is 10.2 Å². The number of hydrogen-bond acceptors (Lipinski definition) is 3. The highest BCUT2D eigenvalue weighted by atomic mass is 35.5. The minimum Gasteiger partial charge on any atom is -0.481 e. The van der Waals surface area contributed by atoms with Crippen LogP contribution < -0.4 is 10.1 Å². The van der Waals surface area contributed by atoms with Gasteiger partial charge in [-0.05, 0) is 48.7 Å². The van der Waals surface area contributed by atoms with Gasteiger partial charge in [0, 0.05) is 24.0 Å². The average Bonchev–Trinajstić information content (AvgIpc) is 2.87. The second-order valence-electron chi connectivity index (χ2n) is 8.39. The van der Waals surface area contributed by atoms with Gasteiger partial charge in [-0.15, -0.1) is 0 Å². The van der Waals surface area contributed by atoms with Crippen molar-refractivity contribution in [3.63, 3.8) is 0 Å². The lowest BCUT2D eigenvalue weighted by Crippen LogP contribution is -2.53. The van der Waals surface area contributed by atoms with Crippen molar-refractivity contribution < 1.29 is 18.7 Å². The van der Waals surface area contributed by atoms with Gasteiger partial charge in [-0.25, -0.2) is 4.39 Å². The van der Waals surface area contributed by atoms with Gasteiger partial charge in [0.1, 0.15) is 6.04 Å². The van der Waals surface area contributed by atoms with Gasteiger partial charge >= 0.3 is 0 Å². The van der Waals surface area contributed by atoms with Crippen molar-refractivity contribution in [3.8, 4) is 5.75 Å². The molecule has 1 N–H and O–H groups in total. The van der Waals surface area contributed by atoms with Crippen LogP contribution in [0.3, 0.4) is 0 Å². The topological polar surface area (TPSA) is 58.6 Å². The van der Waals surface area contributed by atoms with Gasteiger partial charge in [0.15, 0.2) is 18.2 Å². The molecule has 5 nitrogen and oxygen atoms in total. The van der Waals surface area contributed by atoms with Crippen LogP contribution in [0.1, 0.15) is 31.4 Å². The van der Waals surface area contributed by atoms with E-state index < -0.39 is 24.4 Å². The quantitative estimate of drug-likeness (QED) is 0.386. The minimum absolute atomic E-state index is 0.0176. The second-order valence-corrected chi connectivity index (χ2v) is 8.83. The Morgan fingerprint density at radius 2 is 1.63 bits per heavy atom. The number of hydrogen-bond donors (Lipinski definition) is 1. The number of nitrogens with one attached hydrogen (secondary N) is 1. The second kappa shape index (κ2) is 12.9. The zero-order valence-corrected chi connectivity index (χ0v) is 20.7.